The van der Waals surface area contributed by atoms with Crippen LogP contribution in [0.1, 0.15) is 38.5 Å². The molecule has 0 saturated heterocycles. The van der Waals surface area contributed by atoms with Crippen molar-refractivity contribution < 1.29 is 4.92 Å². The van der Waals surface area contributed by atoms with Gasteiger partial charge in [-0.05, 0) is 46.8 Å². The van der Waals surface area contributed by atoms with E-state index in [4.69, 9.17) is 0 Å². The molecule has 1 fully saturated rings. The van der Waals surface area contributed by atoms with Crippen LogP contribution in [-0.2, 0) is 0 Å². The molecule has 1 aliphatic carbocycles. The summed E-state index contributed by atoms with van der Waals surface area (Å²) in [6.07, 6.45) is 7.97. The topological polar surface area (TPSA) is 55.2 Å². The Hall–Kier alpha value is -1.10. The first-order valence-electron chi connectivity index (χ1n) is 6.84. The summed E-state index contributed by atoms with van der Waals surface area (Å²) in [4.78, 5) is 10.4. The summed E-state index contributed by atoms with van der Waals surface area (Å²) >= 11 is 3.24. The highest BCUT2D eigenvalue weighted by Gasteiger charge is 2.14. The van der Waals surface area contributed by atoms with E-state index in [2.05, 4.69) is 21.2 Å². The van der Waals surface area contributed by atoms with Gasteiger partial charge in [0.05, 0.1) is 9.40 Å². The molecule has 1 N–H and O–H groups in total. The molecule has 1 aromatic rings. The van der Waals surface area contributed by atoms with Crippen LogP contribution in [-0.4, -0.2) is 11.5 Å². The standard InChI is InChI=1S/C14H19BrN2O2/c15-13-9-12(7-8-14(13)17(18)19)16-10-11-5-3-1-2-4-6-11/h7-9,11,16H,1-6,10H2. The molecule has 0 amide bonds. The molecule has 104 valence electrons. The highest BCUT2D eigenvalue weighted by atomic mass is 79.9. The lowest BCUT2D eigenvalue weighted by Crippen LogP contribution is -2.13. The van der Waals surface area contributed by atoms with Crippen molar-refractivity contribution in [3.8, 4) is 0 Å². The van der Waals surface area contributed by atoms with E-state index in [9.17, 15) is 10.1 Å². The fraction of sp³-hybridized carbons (Fsp3) is 0.571. The normalized spacial score (nSPS) is 16.9. The third-order valence-electron chi connectivity index (χ3n) is 3.71. The minimum absolute atomic E-state index is 0.111. The van der Waals surface area contributed by atoms with Crippen molar-refractivity contribution in [2.75, 3.05) is 11.9 Å². The van der Waals surface area contributed by atoms with Crippen molar-refractivity contribution in [2.24, 2.45) is 5.92 Å². The van der Waals surface area contributed by atoms with Crippen molar-refractivity contribution in [2.45, 2.75) is 38.5 Å². The van der Waals surface area contributed by atoms with Crippen molar-refractivity contribution in [3.63, 3.8) is 0 Å². The van der Waals surface area contributed by atoms with E-state index < -0.39 is 0 Å². The van der Waals surface area contributed by atoms with E-state index in [1.54, 1.807) is 18.2 Å². The molecule has 0 bridgehead atoms. The van der Waals surface area contributed by atoms with Gasteiger partial charge in [0, 0.05) is 18.3 Å². The smallest absolute Gasteiger partial charge is 0.283 e. The number of rotatable bonds is 4. The average Bonchev–Trinajstić information content (AvgIpc) is 2.64. The lowest BCUT2D eigenvalue weighted by molar-refractivity contribution is -0.385. The zero-order valence-electron chi connectivity index (χ0n) is 10.9. The van der Waals surface area contributed by atoms with Gasteiger partial charge >= 0.3 is 0 Å². The zero-order valence-corrected chi connectivity index (χ0v) is 12.5. The second-order valence-electron chi connectivity index (χ2n) is 5.16. The van der Waals surface area contributed by atoms with Gasteiger partial charge in [-0.15, -0.1) is 0 Å². The molecular weight excluding hydrogens is 308 g/mol. The van der Waals surface area contributed by atoms with Crippen molar-refractivity contribution >= 4 is 27.3 Å². The molecular formula is C14H19BrN2O2. The Labute approximate surface area is 121 Å². The Balaban J connectivity index is 1.92. The Morgan fingerprint density at radius 1 is 1.26 bits per heavy atom. The van der Waals surface area contributed by atoms with Crippen LogP contribution in [0, 0.1) is 16.0 Å². The molecule has 0 spiro atoms. The quantitative estimate of drug-likeness (QED) is 0.494. The van der Waals surface area contributed by atoms with Gasteiger partial charge in [-0.25, -0.2) is 0 Å². The SMILES string of the molecule is O=[N+]([O-])c1ccc(NCC2CCCCCC2)cc1Br. The maximum atomic E-state index is 10.7. The number of anilines is 1. The van der Waals surface area contributed by atoms with Crippen molar-refractivity contribution in [3.05, 3.63) is 32.8 Å². The van der Waals surface area contributed by atoms with Gasteiger partial charge in [0.2, 0.25) is 0 Å². The van der Waals surface area contributed by atoms with Gasteiger partial charge < -0.3 is 5.32 Å². The zero-order chi connectivity index (χ0) is 13.7. The van der Waals surface area contributed by atoms with Crippen molar-refractivity contribution in [1.82, 2.24) is 0 Å². The van der Waals surface area contributed by atoms with Gasteiger partial charge in [-0.1, -0.05) is 25.7 Å². The highest BCUT2D eigenvalue weighted by molar-refractivity contribution is 9.10. The average molecular weight is 327 g/mol. The Bertz CT molecular complexity index is 443. The summed E-state index contributed by atoms with van der Waals surface area (Å²) in [7, 11) is 0. The van der Waals surface area contributed by atoms with E-state index in [0.29, 0.717) is 4.47 Å². The minimum atomic E-state index is -0.376. The molecule has 0 heterocycles. The maximum absolute atomic E-state index is 10.7. The van der Waals surface area contributed by atoms with Crippen LogP contribution in [0.3, 0.4) is 0 Å². The van der Waals surface area contributed by atoms with Gasteiger partial charge in [-0.2, -0.15) is 0 Å². The van der Waals surface area contributed by atoms with Crippen molar-refractivity contribution in [1.29, 1.82) is 0 Å². The summed E-state index contributed by atoms with van der Waals surface area (Å²) in [6.45, 7) is 0.963. The third kappa shape index (κ3) is 4.20. The lowest BCUT2D eigenvalue weighted by atomic mass is 10.0. The fourth-order valence-electron chi connectivity index (χ4n) is 2.60. The van der Waals surface area contributed by atoms with E-state index in [0.717, 1.165) is 18.2 Å². The summed E-state index contributed by atoms with van der Waals surface area (Å²) in [5.74, 6) is 0.733. The Kier molecular flexibility index (Phi) is 5.19. The van der Waals surface area contributed by atoms with Gasteiger partial charge in [-0.3, -0.25) is 10.1 Å². The van der Waals surface area contributed by atoms with Crippen LogP contribution in [0.4, 0.5) is 11.4 Å². The molecule has 0 aromatic heterocycles. The summed E-state index contributed by atoms with van der Waals surface area (Å²) in [5, 5.41) is 14.1. The largest absolute Gasteiger partial charge is 0.385 e. The predicted molar refractivity (Wildman–Crippen MR) is 80.5 cm³/mol. The predicted octanol–water partition coefficient (Wildman–Crippen LogP) is 4.74. The first-order valence-corrected chi connectivity index (χ1v) is 7.64. The second-order valence-corrected chi connectivity index (χ2v) is 6.02. The Morgan fingerprint density at radius 2 is 1.95 bits per heavy atom. The van der Waals surface area contributed by atoms with E-state index >= 15 is 0 Å². The number of nitrogens with zero attached hydrogens (tertiary/aromatic N) is 1. The molecule has 0 unspecified atom stereocenters. The number of nitrogens with one attached hydrogen (secondary N) is 1. The minimum Gasteiger partial charge on any atom is -0.385 e. The third-order valence-corrected chi connectivity index (χ3v) is 4.35. The molecule has 1 aromatic carbocycles. The molecule has 19 heavy (non-hydrogen) atoms. The molecule has 1 aliphatic rings. The highest BCUT2D eigenvalue weighted by Crippen LogP contribution is 2.28. The monoisotopic (exact) mass is 326 g/mol. The van der Waals surface area contributed by atoms with Gasteiger partial charge in [0.15, 0.2) is 0 Å². The maximum Gasteiger partial charge on any atom is 0.283 e. The molecule has 4 nitrogen and oxygen atoms in total. The number of hydrogen-bond donors (Lipinski definition) is 1. The lowest BCUT2D eigenvalue weighted by Gasteiger charge is -2.15. The van der Waals surface area contributed by atoms with Crippen LogP contribution in [0.15, 0.2) is 22.7 Å². The van der Waals surface area contributed by atoms with Gasteiger partial charge in [0.25, 0.3) is 5.69 Å². The molecule has 0 atom stereocenters. The van der Waals surface area contributed by atoms with E-state index in [1.807, 2.05) is 0 Å². The summed E-state index contributed by atoms with van der Waals surface area (Å²) < 4.78 is 0.531. The van der Waals surface area contributed by atoms with Crippen LogP contribution >= 0.6 is 15.9 Å². The Morgan fingerprint density at radius 3 is 2.53 bits per heavy atom. The van der Waals surface area contributed by atoms with E-state index in [-0.39, 0.29) is 10.6 Å². The van der Waals surface area contributed by atoms with Crippen LogP contribution in [0.25, 0.3) is 0 Å². The molecule has 1 saturated carbocycles. The fourth-order valence-corrected chi connectivity index (χ4v) is 3.12. The molecule has 0 aliphatic heterocycles. The summed E-state index contributed by atoms with van der Waals surface area (Å²) in [5.41, 5.74) is 1.06. The summed E-state index contributed by atoms with van der Waals surface area (Å²) in [6, 6.07) is 5.11. The molecule has 2 rings (SSSR count). The number of hydrogen-bond acceptors (Lipinski definition) is 3. The molecule has 0 radical (unpaired) electrons. The second kappa shape index (κ2) is 6.89. The number of benzene rings is 1. The molecule has 5 heteroatoms. The number of nitro groups is 1. The van der Waals surface area contributed by atoms with Crippen LogP contribution in [0.5, 0.6) is 0 Å². The first-order chi connectivity index (χ1) is 9.16. The number of halogens is 1. The van der Waals surface area contributed by atoms with Crippen LogP contribution in [0.2, 0.25) is 0 Å². The van der Waals surface area contributed by atoms with E-state index in [1.165, 1.54) is 38.5 Å². The van der Waals surface area contributed by atoms with Gasteiger partial charge in [0.1, 0.15) is 0 Å². The van der Waals surface area contributed by atoms with Crippen LogP contribution < -0.4 is 5.32 Å². The first kappa shape index (κ1) is 14.3. The number of nitro benzene ring substituents is 1.